The predicted octanol–water partition coefficient (Wildman–Crippen LogP) is 6.92. The number of ether oxygens (including phenoxy) is 2. The van der Waals surface area contributed by atoms with E-state index in [1.54, 1.807) is 21.1 Å². The molecule has 0 unspecified atom stereocenters. The Hall–Kier alpha value is -5.67. The first-order valence-electron chi connectivity index (χ1n) is 16.5. The molecule has 1 amide bonds. The Bertz CT molecular complexity index is 2400. The zero-order valence-electron chi connectivity index (χ0n) is 28.8. The molecule has 50 heavy (non-hydrogen) atoms. The maximum atomic E-state index is 14.0. The average molecular weight is 685 g/mol. The van der Waals surface area contributed by atoms with Crippen LogP contribution >= 0.6 is 12.2 Å². The molecular weight excluding hydrogens is 645 g/mol. The molecule has 1 heterocycles. The Labute approximate surface area is 296 Å². The number of carbonyl (C=O) groups is 2. The highest BCUT2D eigenvalue weighted by molar-refractivity contribution is 7.80. The van der Waals surface area contributed by atoms with E-state index in [-0.39, 0.29) is 23.0 Å². The molecule has 1 aliphatic rings. The summed E-state index contributed by atoms with van der Waals surface area (Å²) in [6, 6.07) is 20.0. The van der Waals surface area contributed by atoms with Gasteiger partial charge in [-0.3, -0.25) is 14.5 Å². The first-order valence-corrected chi connectivity index (χ1v) is 16.9. The average Bonchev–Trinajstić information content (AvgIpc) is 3.68. The lowest BCUT2D eigenvalue weighted by atomic mass is 9.94. The van der Waals surface area contributed by atoms with E-state index in [0.29, 0.717) is 24.1 Å². The van der Waals surface area contributed by atoms with E-state index in [1.165, 1.54) is 11.8 Å². The maximum absolute atomic E-state index is 14.0. The molecule has 0 spiro atoms. The number of ketones is 1. The number of nitrogens with one attached hydrogen (secondary N) is 1. The number of methoxy groups -OCH3 is 2. The van der Waals surface area contributed by atoms with Crippen LogP contribution in [0.4, 0.5) is 0 Å². The number of rotatable bonds is 8. The molecule has 0 saturated heterocycles. The summed E-state index contributed by atoms with van der Waals surface area (Å²) in [5, 5.41) is 5.92. The molecule has 8 nitrogen and oxygen atoms in total. The fraction of sp³-hybridized carbons (Fsp3) is 0.195. The third-order valence-electron chi connectivity index (χ3n) is 9.38. The van der Waals surface area contributed by atoms with E-state index < -0.39 is 5.91 Å². The number of carbonyl (C=O) groups excluding carboxylic acids is 2. The van der Waals surface area contributed by atoms with Crippen LogP contribution in [0.15, 0.2) is 101 Å². The summed E-state index contributed by atoms with van der Waals surface area (Å²) in [5.41, 5.74) is 18.5. The van der Waals surface area contributed by atoms with Gasteiger partial charge in [-0.15, -0.1) is 0 Å². The number of amides is 1. The van der Waals surface area contributed by atoms with Crippen molar-refractivity contribution in [1.29, 1.82) is 0 Å². The topological polar surface area (TPSA) is 124 Å². The number of aryl methyl sites for hydroxylation is 1. The van der Waals surface area contributed by atoms with Crippen molar-refractivity contribution in [2.45, 2.75) is 33.6 Å². The van der Waals surface area contributed by atoms with Crippen molar-refractivity contribution in [3.63, 3.8) is 0 Å². The molecule has 4 aromatic carbocycles. The summed E-state index contributed by atoms with van der Waals surface area (Å²) < 4.78 is 11.2. The van der Waals surface area contributed by atoms with Crippen molar-refractivity contribution in [2.24, 2.45) is 11.5 Å². The number of Topliss-reactive ketones (excluding diaryl/α,β-unsaturated/α-hetero) is 1. The van der Waals surface area contributed by atoms with Crippen LogP contribution in [-0.4, -0.2) is 47.5 Å². The zero-order chi connectivity index (χ0) is 35.7. The van der Waals surface area contributed by atoms with Gasteiger partial charge in [0.05, 0.1) is 19.8 Å². The minimum Gasteiger partial charge on any atom is -0.496 e. The van der Waals surface area contributed by atoms with Crippen LogP contribution in [0.1, 0.15) is 37.8 Å². The van der Waals surface area contributed by atoms with Crippen LogP contribution in [0.5, 0.6) is 11.5 Å². The Morgan fingerprint density at radius 1 is 0.860 bits per heavy atom. The van der Waals surface area contributed by atoms with Gasteiger partial charge in [-0.2, -0.15) is 0 Å². The Balaban J connectivity index is 1.53. The number of hydrogen-bond acceptors (Lipinski definition) is 6. The third kappa shape index (κ3) is 6.05. The quantitative estimate of drug-likeness (QED) is 0.0702. The highest BCUT2D eigenvalue weighted by Gasteiger charge is 2.31. The lowest BCUT2D eigenvalue weighted by Crippen LogP contribution is -2.42. The highest BCUT2D eigenvalue weighted by atomic mass is 32.1. The first-order chi connectivity index (χ1) is 24.1. The summed E-state index contributed by atoms with van der Waals surface area (Å²) in [7, 11) is 3.32. The molecule has 5 N–H and O–H groups in total. The number of hydrogen-bond donors (Lipinski definition) is 3. The summed E-state index contributed by atoms with van der Waals surface area (Å²) in [5.74, 6) is 0.673. The van der Waals surface area contributed by atoms with E-state index in [0.717, 1.165) is 71.6 Å². The van der Waals surface area contributed by atoms with Crippen LogP contribution in [0, 0.1) is 6.92 Å². The van der Waals surface area contributed by atoms with E-state index in [4.69, 9.17) is 33.2 Å². The van der Waals surface area contributed by atoms with E-state index in [1.807, 2.05) is 85.8 Å². The van der Waals surface area contributed by atoms with Gasteiger partial charge in [0.15, 0.2) is 10.9 Å². The number of nitrogens with zero attached hydrogens (tertiary/aromatic N) is 1. The highest BCUT2D eigenvalue weighted by Crippen LogP contribution is 2.40. The SMILES string of the molecule is CCN(C(=O)/C(C(C)=O)=C1C(=C/C=C(/N)c2cccc3c(OC)ccc(C)c23)/CCC/1=C\C=c1\[nH]c2ccc(OC)c3cccc1c23)C(N)=S. The molecule has 1 aliphatic carbocycles. The zero-order valence-corrected chi connectivity index (χ0v) is 29.7. The van der Waals surface area contributed by atoms with Gasteiger partial charge in [0, 0.05) is 50.2 Å². The minimum atomic E-state index is -0.522. The molecular formula is C41H40N4O4S. The van der Waals surface area contributed by atoms with Gasteiger partial charge in [-0.25, -0.2) is 0 Å². The second kappa shape index (κ2) is 14.1. The number of benzene rings is 4. The number of allylic oxidation sites excluding steroid dienone is 6. The summed E-state index contributed by atoms with van der Waals surface area (Å²) >= 11 is 5.20. The Kier molecular flexibility index (Phi) is 9.61. The van der Waals surface area contributed by atoms with Gasteiger partial charge < -0.3 is 25.9 Å². The molecule has 254 valence electrons. The molecule has 1 saturated carbocycles. The van der Waals surface area contributed by atoms with Crippen molar-refractivity contribution in [3.8, 4) is 11.5 Å². The van der Waals surface area contributed by atoms with E-state index >= 15 is 0 Å². The summed E-state index contributed by atoms with van der Waals surface area (Å²) in [6.07, 6.45) is 8.96. The standard InChI is InChI=1S/C41H40N4O4S/c1-6-45(41(43)50)40(47)37(24(3)46)38-25(16-18-31(42)27-9-7-11-29-34(48-4)21-13-23(2)36(27)29)14-15-26(38)17-19-32-28-10-8-12-30-35(49-5)22-20-33(44-32)39(28)30/h7-13,16-22,44H,6,14-15,42H2,1-5H3,(H2,43,50)/b25-16+,26-17+,31-18+,32-19+,38-37-. The molecule has 9 heteroatoms. The van der Waals surface area contributed by atoms with Gasteiger partial charge in [0.1, 0.15) is 11.5 Å². The van der Waals surface area contributed by atoms with Crippen molar-refractivity contribution in [2.75, 3.05) is 20.8 Å². The largest absolute Gasteiger partial charge is 0.496 e. The molecule has 0 atom stereocenters. The monoisotopic (exact) mass is 684 g/mol. The smallest absolute Gasteiger partial charge is 0.264 e. The minimum absolute atomic E-state index is 0.0419. The number of thiocarbonyl (C=S) groups is 1. The number of aromatic nitrogens is 1. The number of aromatic amines is 1. The Morgan fingerprint density at radius 2 is 1.48 bits per heavy atom. The third-order valence-corrected chi connectivity index (χ3v) is 9.60. The number of likely N-dealkylation sites (N-methyl/N-ethyl adjacent to an activating group) is 1. The van der Waals surface area contributed by atoms with Gasteiger partial charge in [-0.1, -0.05) is 54.6 Å². The van der Waals surface area contributed by atoms with Crippen LogP contribution in [0.2, 0.25) is 0 Å². The molecule has 0 bridgehead atoms. The van der Waals surface area contributed by atoms with Gasteiger partial charge in [0.2, 0.25) is 0 Å². The first kappa shape index (κ1) is 34.2. The molecule has 1 aromatic heterocycles. The number of H-pyrrole nitrogens is 1. The predicted molar refractivity (Wildman–Crippen MR) is 207 cm³/mol. The lowest BCUT2D eigenvalue weighted by Gasteiger charge is -2.21. The molecule has 6 rings (SSSR count). The van der Waals surface area contributed by atoms with Crippen molar-refractivity contribution in [1.82, 2.24) is 9.88 Å². The van der Waals surface area contributed by atoms with E-state index in [2.05, 4.69) is 11.1 Å². The molecule has 0 aliphatic heterocycles. The second-order valence-corrected chi connectivity index (χ2v) is 12.7. The van der Waals surface area contributed by atoms with Crippen molar-refractivity contribution < 1.29 is 19.1 Å². The van der Waals surface area contributed by atoms with Gasteiger partial charge >= 0.3 is 0 Å². The summed E-state index contributed by atoms with van der Waals surface area (Å²) in [6.45, 7) is 5.45. The van der Waals surface area contributed by atoms with Gasteiger partial charge in [-0.05, 0) is 104 Å². The number of fused-ring (bicyclic) bond motifs is 1. The lowest BCUT2D eigenvalue weighted by molar-refractivity contribution is -0.126. The maximum Gasteiger partial charge on any atom is 0.264 e. The second-order valence-electron chi connectivity index (χ2n) is 12.3. The summed E-state index contributed by atoms with van der Waals surface area (Å²) in [4.78, 5) is 32.1. The van der Waals surface area contributed by atoms with Gasteiger partial charge in [0.25, 0.3) is 5.91 Å². The molecule has 5 aromatic rings. The normalized spacial score (nSPS) is 16.6. The van der Waals surface area contributed by atoms with Crippen molar-refractivity contribution in [3.05, 3.63) is 118 Å². The van der Waals surface area contributed by atoms with Crippen LogP contribution < -0.4 is 26.3 Å². The molecule has 1 fully saturated rings. The Morgan fingerprint density at radius 3 is 2.12 bits per heavy atom. The molecule has 0 radical (unpaired) electrons. The van der Waals surface area contributed by atoms with Crippen LogP contribution in [0.25, 0.3) is 44.2 Å². The van der Waals surface area contributed by atoms with Crippen LogP contribution in [-0.2, 0) is 9.59 Å². The van der Waals surface area contributed by atoms with E-state index in [9.17, 15) is 9.59 Å². The fourth-order valence-electron chi connectivity index (χ4n) is 7.02. The van der Waals surface area contributed by atoms with Crippen LogP contribution in [0.3, 0.4) is 0 Å². The van der Waals surface area contributed by atoms with Crippen molar-refractivity contribution >= 4 is 73.2 Å². The number of nitrogens with two attached hydrogens (primary N) is 2. The fourth-order valence-corrected chi connectivity index (χ4v) is 7.23.